The van der Waals surface area contributed by atoms with E-state index in [0.717, 1.165) is 47.3 Å². The molecule has 242 valence electrons. The topological polar surface area (TPSA) is 144 Å². The van der Waals surface area contributed by atoms with Gasteiger partial charge in [-0.3, -0.25) is 19.5 Å². The Labute approximate surface area is 264 Å². The molecule has 1 atom stereocenters. The monoisotopic (exact) mass is 633 g/mol. The van der Waals surface area contributed by atoms with Crippen LogP contribution < -0.4 is 20.9 Å². The summed E-state index contributed by atoms with van der Waals surface area (Å²) in [5.41, 5.74) is 5.07. The number of aliphatic hydroxyl groups excluding tert-OH is 1. The van der Waals surface area contributed by atoms with Crippen LogP contribution in [0.25, 0.3) is 22.0 Å². The van der Waals surface area contributed by atoms with Crippen LogP contribution in [0, 0.1) is 0 Å². The second kappa shape index (κ2) is 16.7. The molecule has 5 rings (SSSR count). The van der Waals surface area contributed by atoms with Gasteiger partial charge in [0.05, 0.1) is 23.9 Å². The van der Waals surface area contributed by atoms with Gasteiger partial charge in [0.15, 0.2) is 0 Å². The number of nitrogens with one attached hydrogen (secondary N) is 3. The van der Waals surface area contributed by atoms with Crippen LogP contribution in [0.1, 0.15) is 29.2 Å². The van der Waals surface area contributed by atoms with Crippen LogP contribution in [0.15, 0.2) is 102 Å². The molecule has 0 saturated heterocycles. The van der Waals surface area contributed by atoms with Gasteiger partial charge in [0.1, 0.15) is 11.5 Å². The number of phenolic OH excluding ortho intramolecular Hbond substituents is 1. The van der Waals surface area contributed by atoms with E-state index < -0.39 is 12.2 Å². The van der Waals surface area contributed by atoms with Crippen LogP contribution >= 0.6 is 0 Å². The average Bonchev–Trinajstić information content (AvgIpc) is 3.02. The van der Waals surface area contributed by atoms with E-state index in [1.165, 1.54) is 12.1 Å². The zero-order chi connectivity index (χ0) is 30.9. The summed E-state index contributed by atoms with van der Waals surface area (Å²) in [6, 6.07) is 29.5. The molecule has 5 aromatic rings. The Hall–Kier alpha value is -5.26. The van der Waals surface area contributed by atoms with Gasteiger partial charge < -0.3 is 30.4 Å². The Balaban J connectivity index is 0.00000288. The number of H-pyrrole nitrogens is 1. The molecule has 0 bridgehead atoms. The number of ether oxygens (including phenoxy) is 1. The van der Waals surface area contributed by atoms with Crippen molar-refractivity contribution in [1.82, 2.24) is 10.3 Å². The van der Waals surface area contributed by atoms with Crippen LogP contribution in [0.5, 0.6) is 11.5 Å². The second-order valence-electron chi connectivity index (χ2n) is 10.5. The van der Waals surface area contributed by atoms with Crippen molar-refractivity contribution in [2.24, 2.45) is 0 Å². The minimum Gasteiger partial charge on any atom is -0.506 e. The van der Waals surface area contributed by atoms with Gasteiger partial charge in [-0.15, -0.1) is 0 Å². The standard InChI is InChI=1S/C35H35N3O6.2FH/c39-31-15-13-28(29-14-16-33(41)38-34(29)31)32(40)22-36-18-17-24-6-4-10-26(20-24)44-19-5-7-23-11-12-27(25-8-2-1-3-9-25)30(21-23)37-35(42)43;;/h1-4,6,8-16,20-21,32,36-37,39-40H,5,7,17-19,22H2,(H,38,41)(H,42,43);2*1H. The van der Waals surface area contributed by atoms with Crippen LogP contribution in [-0.4, -0.2) is 46.1 Å². The van der Waals surface area contributed by atoms with Crippen molar-refractivity contribution in [2.45, 2.75) is 25.4 Å². The molecule has 6 N–H and O–H groups in total. The highest BCUT2D eigenvalue weighted by atomic mass is 19.0. The van der Waals surface area contributed by atoms with Crippen molar-refractivity contribution in [2.75, 3.05) is 25.0 Å². The highest BCUT2D eigenvalue weighted by molar-refractivity contribution is 5.91. The second-order valence-corrected chi connectivity index (χ2v) is 10.5. The number of phenols is 1. The number of hydrogen-bond donors (Lipinski definition) is 6. The molecule has 1 unspecified atom stereocenters. The van der Waals surface area contributed by atoms with E-state index in [2.05, 4.69) is 15.6 Å². The first kappa shape index (κ1) is 35.2. The fourth-order valence-corrected chi connectivity index (χ4v) is 5.22. The van der Waals surface area contributed by atoms with Gasteiger partial charge in [0.25, 0.3) is 0 Å². The third kappa shape index (κ3) is 9.13. The lowest BCUT2D eigenvalue weighted by atomic mass is 10.00. The summed E-state index contributed by atoms with van der Waals surface area (Å²) in [6.07, 6.45) is 0.325. The number of anilines is 1. The zero-order valence-corrected chi connectivity index (χ0v) is 24.9. The molecule has 0 saturated carbocycles. The maximum absolute atomic E-state index is 11.6. The van der Waals surface area contributed by atoms with Crippen LogP contribution in [0.2, 0.25) is 0 Å². The van der Waals surface area contributed by atoms with E-state index in [0.29, 0.717) is 41.9 Å². The minimum atomic E-state index is -1.10. The van der Waals surface area contributed by atoms with Crippen molar-refractivity contribution in [3.05, 3.63) is 124 Å². The number of halogens is 2. The molecule has 0 aliphatic rings. The number of carboxylic acid groups (broad SMARTS) is 1. The Morgan fingerprint density at radius 3 is 2.43 bits per heavy atom. The summed E-state index contributed by atoms with van der Waals surface area (Å²) in [4.78, 5) is 25.6. The van der Waals surface area contributed by atoms with Crippen LogP contribution in [0.3, 0.4) is 0 Å². The molecule has 1 amide bonds. The predicted octanol–water partition coefficient (Wildman–Crippen LogP) is 6.17. The third-order valence-electron chi connectivity index (χ3n) is 7.38. The van der Waals surface area contributed by atoms with Crippen LogP contribution in [-0.2, 0) is 12.8 Å². The number of carbonyl (C=O) groups is 1. The molecule has 0 spiro atoms. The average molecular weight is 634 g/mol. The molecule has 11 heteroatoms. The van der Waals surface area contributed by atoms with E-state index in [1.54, 1.807) is 12.1 Å². The van der Waals surface area contributed by atoms with Gasteiger partial charge in [-0.1, -0.05) is 60.7 Å². The van der Waals surface area contributed by atoms with Crippen molar-refractivity contribution in [3.8, 4) is 22.6 Å². The van der Waals surface area contributed by atoms with Gasteiger partial charge in [0.2, 0.25) is 5.56 Å². The Morgan fingerprint density at radius 2 is 1.65 bits per heavy atom. The smallest absolute Gasteiger partial charge is 0.409 e. The number of benzene rings is 4. The van der Waals surface area contributed by atoms with E-state index in [-0.39, 0.29) is 20.7 Å². The molecule has 9 nitrogen and oxygen atoms in total. The Kier molecular flexibility index (Phi) is 12.8. The number of hydrogen-bond acceptors (Lipinski definition) is 6. The minimum absolute atomic E-state index is 0. The Bertz CT molecular complexity index is 1800. The third-order valence-corrected chi connectivity index (χ3v) is 7.38. The summed E-state index contributed by atoms with van der Waals surface area (Å²) >= 11 is 0. The van der Waals surface area contributed by atoms with Gasteiger partial charge in [0, 0.05) is 23.6 Å². The number of amides is 1. The number of aromatic nitrogens is 1. The maximum atomic E-state index is 11.6. The predicted molar refractivity (Wildman–Crippen MR) is 177 cm³/mol. The number of aromatic amines is 1. The molecule has 4 aromatic carbocycles. The maximum Gasteiger partial charge on any atom is 0.409 e. The number of pyridine rings is 1. The molecule has 0 aliphatic carbocycles. The van der Waals surface area contributed by atoms with E-state index >= 15 is 0 Å². The summed E-state index contributed by atoms with van der Waals surface area (Å²) in [5, 5.41) is 36.5. The molecule has 46 heavy (non-hydrogen) atoms. The van der Waals surface area contributed by atoms with E-state index in [4.69, 9.17) is 4.74 Å². The molecule has 1 aromatic heterocycles. The molecule has 0 aliphatic heterocycles. The number of aromatic hydroxyl groups is 1. The summed E-state index contributed by atoms with van der Waals surface area (Å²) in [7, 11) is 0. The molecular formula is C35H37F2N3O6. The quantitative estimate of drug-likeness (QED) is 0.0851. The van der Waals surface area contributed by atoms with Gasteiger partial charge >= 0.3 is 6.09 Å². The number of aryl methyl sites for hydroxylation is 1. The molecule has 0 fully saturated rings. The lowest BCUT2D eigenvalue weighted by Crippen LogP contribution is -2.24. The first-order valence-corrected chi connectivity index (χ1v) is 14.5. The van der Waals surface area contributed by atoms with E-state index in [9.17, 15) is 24.9 Å². The number of fused-ring (bicyclic) bond motifs is 1. The summed E-state index contributed by atoms with van der Waals surface area (Å²) in [5.74, 6) is 0.739. The normalized spacial score (nSPS) is 11.2. The Morgan fingerprint density at radius 1 is 0.870 bits per heavy atom. The zero-order valence-electron chi connectivity index (χ0n) is 24.9. The number of rotatable bonds is 13. The lowest BCUT2D eigenvalue weighted by molar-refractivity contribution is 0.176. The SMILES string of the molecule is F.F.O=C(O)Nc1cc(CCCOc2cccc(CCNCC(O)c3ccc(O)c4[nH]c(=O)ccc34)c2)ccc1-c1ccccc1. The van der Waals surface area contributed by atoms with Gasteiger partial charge in [-0.05, 0) is 78.4 Å². The van der Waals surface area contributed by atoms with Crippen molar-refractivity contribution >= 4 is 22.7 Å². The van der Waals surface area contributed by atoms with Crippen molar-refractivity contribution in [3.63, 3.8) is 0 Å². The summed E-state index contributed by atoms with van der Waals surface area (Å²) in [6.45, 7) is 1.46. The molecule has 0 radical (unpaired) electrons. The first-order valence-electron chi connectivity index (χ1n) is 14.5. The molecule has 1 heterocycles. The molecular weight excluding hydrogens is 596 g/mol. The van der Waals surface area contributed by atoms with Crippen molar-refractivity contribution in [1.29, 1.82) is 0 Å². The van der Waals surface area contributed by atoms with Gasteiger partial charge in [-0.2, -0.15) is 0 Å². The largest absolute Gasteiger partial charge is 0.506 e. The highest BCUT2D eigenvalue weighted by Crippen LogP contribution is 2.30. The number of aliphatic hydroxyl groups is 1. The lowest BCUT2D eigenvalue weighted by Gasteiger charge is -2.15. The van der Waals surface area contributed by atoms with E-state index in [1.807, 2.05) is 72.8 Å². The fraction of sp³-hybridized carbons (Fsp3) is 0.200. The van der Waals surface area contributed by atoms with Gasteiger partial charge in [-0.25, -0.2) is 4.79 Å². The highest BCUT2D eigenvalue weighted by Gasteiger charge is 2.14. The van der Waals surface area contributed by atoms with Crippen LogP contribution in [0.4, 0.5) is 19.9 Å². The fourth-order valence-electron chi connectivity index (χ4n) is 5.22. The van der Waals surface area contributed by atoms with Crippen molar-refractivity contribution < 1.29 is 34.3 Å². The first-order chi connectivity index (χ1) is 21.4. The summed E-state index contributed by atoms with van der Waals surface area (Å²) < 4.78 is 6.00.